The molecule has 0 spiro atoms. The normalized spacial score (nSPS) is 10.7. The lowest BCUT2D eigenvalue weighted by Gasteiger charge is -2.08. The predicted molar refractivity (Wildman–Crippen MR) is 96.8 cm³/mol. The van der Waals surface area contributed by atoms with E-state index in [9.17, 15) is 14.0 Å². The number of thioether (sulfide) groups is 1. The fourth-order valence-corrected chi connectivity index (χ4v) is 2.87. The van der Waals surface area contributed by atoms with Gasteiger partial charge in [0.25, 0.3) is 0 Å². The molecule has 3 rings (SSSR count). The number of carbonyl (C=O) groups is 1. The molecule has 26 heavy (non-hydrogen) atoms. The van der Waals surface area contributed by atoms with Gasteiger partial charge in [-0.25, -0.2) is 9.18 Å². The fraction of sp³-hybridized carbons (Fsp3) is 0.167. The monoisotopic (exact) mass is 373 g/mol. The predicted octanol–water partition coefficient (Wildman–Crippen LogP) is 2.93. The van der Waals surface area contributed by atoms with Gasteiger partial charge in [0.1, 0.15) is 12.4 Å². The molecule has 8 heteroatoms. The number of aromatic nitrogens is 2. The summed E-state index contributed by atoms with van der Waals surface area (Å²) in [4.78, 5) is 25.2. The average molecular weight is 373 g/mol. The highest BCUT2D eigenvalue weighted by atomic mass is 32.2. The van der Waals surface area contributed by atoms with E-state index >= 15 is 0 Å². The molecular formula is C18H16FN3O3S. The molecule has 6 nitrogen and oxygen atoms in total. The highest BCUT2D eigenvalue weighted by Gasteiger charge is 2.15. The third kappa shape index (κ3) is 4.40. The zero-order valence-corrected chi connectivity index (χ0v) is 14.8. The van der Waals surface area contributed by atoms with Crippen LogP contribution in [0.1, 0.15) is 11.4 Å². The van der Waals surface area contributed by atoms with Crippen molar-refractivity contribution in [3.63, 3.8) is 0 Å². The first-order chi connectivity index (χ1) is 12.5. The van der Waals surface area contributed by atoms with Crippen LogP contribution >= 0.6 is 11.8 Å². The molecule has 0 aliphatic carbocycles. The Bertz CT molecular complexity index is 966. The van der Waals surface area contributed by atoms with Crippen molar-refractivity contribution in [3.05, 3.63) is 76.3 Å². The van der Waals surface area contributed by atoms with E-state index in [2.05, 4.69) is 15.0 Å². The molecule has 1 heterocycles. The SMILES string of the molecule is CSc1cccc(NC(=O)Cn2c(Cc3ccc(F)cc3)noc2=O)c1. The number of anilines is 1. The van der Waals surface area contributed by atoms with Crippen molar-refractivity contribution in [1.29, 1.82) is 0 Å². The minimum atomic E-state index is -0.713. The molecule has 2 aromatic carbocycles. The summed E-state index contributed by atoms with van der Waals surface area (Å²) in [5.74, 6) is -1.13. The quantitative estimate of drug-likeness (QED) is 0.672. The Kier molecular flexibility index (Phi) is 5.52. The molecule has 0 aliphatic rings. The molecule has 134 valence electrons. The summed E-state index contributed by atoms with van der Waals surface area (Å²) >= 11 is 1.56. The Labute approximate surface area is 153 Å². The fourth-order valence-electron chi connectivity index (χ4n) is 2.41. The summed E-state index contributed by atoms with van der Waals surface area (Å²) < 4.78 is 18.8. The largest absolute Gasteiger partial charge is 0.442 e. The Hall–Kier alpha value is -2.87. The van der Waals surface area contributed by atoms with Gasteiger partial charge in [-0.05, 0) is 42.2 Å². The number of amides is 1. The zero-order valence-electron chi connectivity index (χ0n) is 13.9. The molecule has 0 unspecified atom stereocenters. The maximum absolute atomic E-state index is 13.0. The molecule has 3 aromatic rings. The lowest BCUT2D eigenvalue weighted by atomic mass is 10.1. The first-order valence-corrected chi connectivity index (χ1v) is 9.01. The van der Waals surface area contributed by atoms with Crippen LogP contribution in [0.2, 0.25) is 0 Å². The van der Waals surface area contributed by atoms with Crippen molar-refractivity contribution in [3.8, 4) is 0 Å². The van der Waals surface area contributed by atoms with Gasteiger partial charge in [-0.15, -0.1) is 11.8 Å². The van der Waals surface area contributed by atoms with Crippen molar-refractivity contribution in [2.75, 3.05) is 11.6 Å². The van der Waals surface area contributed by atoms with E-state index in [0.717, 1.165) is 15.0 Å². The minimum absolute atomic E-state index is 0.220. The summed E-state index contributed by atoms with van der Waals surface area (Å²) in [7, 11) is 0. The first-order valence-electron chi connectivity index (χ1n) is 7.79. The maximum Gasteiger partial charge on any atom is 0.442 e. The molecule has 0 aliphatic heterocycles. The Morgan fingerprint density at radius 1 is 1.27 bits per heavy atom. The third-order valence-corrected chi connectivity index (χ3v) is 4.42. The van der Waals surface area contributed by atoms with E-state index in [1.54, 1.807) is 30.0 Å². The second-order valence-corrected chi connectivity index (χ2v) is 6.41. The van der Waals surface area contributed by atoms with Gasteiger partial charge in [0.05, 0.1) is 0 Å². The number of halogens is 1. The van der Waals surface area contributed by atoms with Crippen molar-refractivity contribution >= 4 is 23.4 Å². The van der Waals surface area contributed by atoms with Gasteiger partial charge in [0.2, 0.25) is 5.91 Å². The minimum Gasteiger partial charge on any atom is -0.324 e. The topological polar surface area (TPSA) is 77.1 Å². The van der Waals surface area contributed by atoms with Gasteiger partial charge < -0.3 is 5.32 Å². The van der Waals surface area contributed by atoms with Crippen LogP contribution < -0.4 is 11.1 Å². The summed E-state index contributed by atoms with van der Waals surface area (Å²) in [6, 6.07) is 13.2. The average Bonchev–Trinajstić information content (AvgIpc) is 2.97. The molecule has 1 amide bonds. The highest BCUT2D eigenvalue weighted by Crippen LogP contribution is 2.19. The molecule has 1 aromatic heterocycles. The smallest absolute Gasteiger partial charge is 0.324 e. The van der Waals surface area contributed by atoms with E-state index in [4.69, 9.17) is 0 Å². The van der Waals surface area contributed by atoms with Gasteiger partial charge in [-0.3, -0.25) is 13.9 Å². The van der Waals surface area contributed by atoms with E-state index in [1.165, 1.54) is 12.1 Å². The highest BCUT2D eigenvalue weighted by molar-refractivity contribution is 7.98. The van der Waals surface area contributed by atoms with Gasteiger partial charge >= 0.3 is 5.76 Å². The number of hydrogen-bond acceptors (Lipinski definition) is 5. The van der Waals surface area contributed by atoms with E-state index in [1.807, 2.05) is 24.5 Å². The number of benzene rings is 2. The van der Waals surface area contributed by atoms with Crippen LogP contribution in [-0.4, -0.2) is 21.9 Å². The van der Waals surface area contributed by atoms with Crippen LogP contribution in [0.4, 0.5) is 10.1 Å². The number of nitrogens with one attached hydrogen (secondary N) is 1. The molecule has 0 bridgehead atoms. The molecule has 0 fully saturated rings. The van der Waals surface area contributed by atoms with E-state index in [-0.39, 0.29) is 24.7 Å². The summed E-state index contributed by atoms with van der Waals surface area (Å²) in [5.41, 5.74) is 1.40. The van der Waals surface area contributed by atoms with Crippen molar-refractivity contribution < 1.29 is 13.7 Å². The van der Waals surface area contributed by atoms with E-state index in [0.29, 0.717) is 11.5 Å². The van der Waals surface area contributed by atoms with Crippen LogP contribution in [0, 0.1) is 5.82 Å². The van der Waals surface area contributed by atoms with Gasteiger partial charge in [-0.1, -0.05) is 23.4 Å². The van der Waals surface area contributed by atoms with Crippen molar-refractivity contribution in [1.82, 2.24) is 9.72 Å². The summed E-state index contributed by atoms with van der Waals surface area (Å²) in [5, 5.41) is 6.47. The maximum atomic E-state index is 13.0. The standard InChI is InChI=1S/C18H16FN3O3S/c1-26-15-4-2-3-14(10-15)20-17(23)11-22-16(21-25-18(22)24)9-12-5-7-13(19)8-6-12/h2-8,10H,9,11H2,1H3,(H,20,23). The summed E-state index contributed by atoms with van der Waals surface area (Å²) in [6.07, 6.45) is 2.20. The number of nitrogens with zero attached hydrogens (tertiary/aromatic N) is 2. The first kappa shape index (κ1) is 17.9. The zero-order chi connectivity index (χ0) is 18.5. The molecule has 0 atom stereocenters. The molecular weight excluding hydrogens is 357 g/mol. The van der Waals surface area contributed by atoms with Gasteiger partial charge in [-0.2, -0.15) is 0 Å². The third-order valence-electron chi connectivity index (χ3n) is 3.69. The van der Waals surface area contributed by atoms with Crippen LogP contribution in [0.3, 0.4) is 0 Å². The lowest BCUT2D eigenvalue weighted by molar-refractivity contribution is -0.116. The summed E-state index contributed by atoms with van der Waals surface area (Å²) in [6.45, 7) is -0.220. The van der Waals surface area contributed by atoms with Crippen molar-refractivity contribution in [2.24, 2.45) is 0 Å². The molecule has 0 saturated carbocycles. The molecule has 0 saturated heterocycles. The Morgan fingerprint density at radius 2 is 2.04 bits per heavy atom. The van der Waals surface area contributed by atoms with E-state index < -0.39 is 5.76 Å². The van der Waals surface area contributed by atoms with Gasteiger partial charge in [0.15, 0.2) is 5.82 Å². The Balaban J connectivity index is 1.73. The van der Waals surface area contributed by atoms with Gasteiger partial charge in [0, 0.05) is 17.0 Å². The second-order valence-electron chi connectivity index (χ2n) is 5.53. The van der Waals surface area contributed by atoms with Crippen LogP contribution in [0.25, 0.3) is 0 Å². The van der Waals surface area contributed by atoms with Crippen LogP contribution in [0.15, 0.2) is 62.7 Å². The number of hydrogen-bond donors (Lipinski definition) is 1. The lowest BCUT2D eigenvalue weighted by Crippen LogP contribution is -2.26. The molecule has 1 N–H and O–H groups in total. The Morgan fingerprint density at radius 3 is 2.77 bits per heavy atom. The number of rotatable bonds is 6. The van der Waals surface area contributed by atoms with Crippen LogP contribution in [-0.2, 0) is 17.8 Å². The van der Waals surface area contributed by atoms with Crippen LogP contribution in [0.5, 0.6) is 0 Å². The number of carbonyl (C=O) groups excluding carboxylic acids is 1. The van der Waals surface area contributed by atoms with Crippen molar-refractivity contribution in [2.45, 2.75) is 17.9 Å². The molecule has 0 radical (unpaired) electrons. The second kappa shape index (κ2) is 8.01.